The van der Waals surface area contributed by atoms with E-state index in [2.05, 4.69) is 9.46 Å². The number of sulfonamides is 2. The minimum Gasteiger partial charge on any atom is -0.495 e. The van der Waals surface area contributed by atoms with Crippen molar-refractivity contribution in [3.8, 4) is 11.5 Å². The Bertz CT molecular complexity index is 1110. The van der Waals surface area contributed by atoms with Gasteiger partial charge < -0.3 is 9.47 Å². The monoisotopic (exact) mass is 482 g/mol. The second-order valence-corrected chi connectivity index (χ2v) is 9.70. The number of hydrogen-bond donors (Lipinski definition) is 1. The van der Waals surface area contributed by atoms with Gasteiger partial charge in [0.15, 0.2) is 0 Å². The number of ether oxygens (including phenoxy) is 2. The van der Waals surface area contributed by atoms with Gasteiger partial charge in [0.1, 0.15) is 11.5 Å². The van der Waals surface area contributed by atoms with Gasteiger partial charge in [-0.3, -0.25) is 4.72 Å². The van der Waals surface area contributed by atoms with E-state index < -0.39 is 32.2 Å². The van der Waals surface area contributed by atoms with E-state index in [1.807, 2.05) is 0 Å². The highest BCUT2D eigenvalue weighted by molar-refractivity contribution is 7.92. The first-order valence-electron chi connectivity index (χ1n) is 8.91. The SMILES string of the molecule is CCN(CC)S(=O)(=O)c1ccc(OC)c(NS(=O)(=O)c2ccc(OC(F)(F)F)cc2)c1. The number of anilines is 1. The van der Waals surface area contributed by atoms with E-state index in [9.17, 15) is 30.0 Å². The molecule has 8 nitrogen and oxygen atoms in total. The molecule has 0 aromatic heterocycles. The number of hydrogen-bond acceptors (Lipinski definition) is 6. The Labute approximate surface area is 178 Å². The number of nitrogens with one attached hydrogen (secondary N) is 1. The normalized spacial score (nSPS) is 12.6. The van der Waals surface area contributed by atoms with E-state index in [1.165, 1.54) is 23.5 Å². The number of benzene rings is 2. The fraction of sp³-hybridized carbons (Fsp3) is 0.333. The number of rotatable bonds is 9. The Hall–Kier alpha value is -2.51. The van der Waals surface area contributed by atoms with E-state index in [0.717, 1.165) is 30.3 Å². The third-order valence-corrected chi connectivity index (χ3v) is 7.55. The number of halogens is 3. The largest absolute Gasteiger partial charge is 0.573 e. The Kier molecular flexibility index (Phi) is 7.44. The first kappa shape index (κ1) is 24.8. The smallest absolute Gasteiger partial charge is 0.495 e. The molecule has 0 amide bonds. The molecule has 31 heavy (non-hydrogen) atoms. The molecular weight excluding hydrogens is 461 g/mol. The summed E-state index contributed by atoms with van der Waals surface area (Å²) >= 11 is 0. The van der Waals surface area contributed by atoms with Gasteiger partial charge >= 0.3 is 6.36 Å². The molecule has 0 spiro atoms. The van der Waals surface area contributed by atoms with E-state index in [4.69, 9.17) is 4.74 Å². The molecular formula is C18H21F3N2O6S2. The summed E-state index contributed by atoms with van der Waals surface area (Å²) in [4.78, 5) is -0.510. The topological polar surface area (TPSA) is 102 Å². The number of nitrogens with zero attached hydrogens (tertiary/aromatic N) is 1. The first-order chi connectivity index (χ1) is 14.3. The average molecular weight is 483 g/mol. The van der Waals surface area contributed by atoms with Gasteiger partial charge in [-0.2, -0.15) is 4.31 Å². The average Bonchev–Trinajstić information content (AvgIpc) is 2.67. The van der Waals surface area contributed by atoms with Gasteiger partial charge in [0.2, 0.25) is 10.0 Å². The van der Waals surface area contributed by atoms with Gasteiger partial charge in [-0.15, -0.1) is 13.2 Å². The van der Waals surface area contributed by atoms with Gasteiger partial charge in [0.25, 0.3) is 10.0 Å². The molecule has 0 aliphatic rings. The molecule has 13 heteroatoms. The lowest BCUT2D eigenvalue weighted by Crippen LogP contribution is -2.30. The summed E-state index contributed by atoms with van der Waals surface area (Å²) < 4.78 is 99.9. The van der Waals surface area contributed by atoms with Crippen LogP contribution in [0.3, 0.4) is 0 Å². The van der Waals surface area contributed by atoms with Crippen LogP contribution in [0.25, 0.3) is 0 Å². The zero-order valence-corrected chi connectivity index (χ0v) is 18.4. The van der Waals surface area contributed by atoms with Crippen molar-refractivity contribution < 1.29 is 39.5 Å². The molecule has 2 aromatic carbocycles. The van der Waals surface area contributed by atoms with E-state index in [-0.39, 0.29) is 34.3 Å². The van der Waals surface area contributed by atoms with Crippen molar-refractivity contribution in [2.75, 3.05) is 24.9 Å². The molecule has 0 bridgehead atoms. The van der Waals surface area contributed by atoms with Gasteiger partial charge in [0.05, 0.1) is 22.6 Å². The summed E-state index contributed by atoms with van der Waals surface area (Å²) in [5, 5.41) is 0. The Balaban J connectivity index is 2.40. The summed E-state index contributed by atoms with van der Waals surface area (Å²) in [6, 6.07) is 7.24. The minimum absolute atomic E-state index is 0.0547. The second kappa shape index (κ2) is 9.32. The van der Waals surface area contributed by atoms with Gasteiger partial charge in [-0.25, -0.2) is 16.8 Å². The standard InChI is InChI=1S/C18H21F3N2O6S2/c1-4-23(5-2)31(26,27)15-10-11-17(28-3)16(12-15)22-30(24,25)14-8-6-13(7-9-14)29-18(19,20)21/h6-12,22H,4-5H2,1-3H3. The molecule has 2 rings (SSSR count). The van der Waals surface area contributed by atoms with Crippen molar-refractivity contribution in [1.82, 2.24) is 4.31 Å². The van der Waals surface area contributed by atoms with Gasteiger partial charge in [-0.1, -0.05) is 13.8 Å². The van der Waals surface area contributed by atoms with Crippen molar-refractivity contribution >= 4 is 25.7 Å². The summed E-state index contributed by atoms with van der Waals surface area (Å²) in [5.74, 6) is -0.532. The first-order valence-corrected chi connectivity index (χ1v) is 11.8. The molecule has 0 fully saturated rings. The zero-order chi connectivity index (χ0) is 23.4. The molecule has 0 saturated heterocycles. The van der Waals surface area contributed by atoms with Gasteiger partial charge in [-0.05, 0) is 42.5 Å². The third-order valence-electron chi connectivity index (χ3n) is 4.13. The van der Waals surface area contributed by atoms with Crippen LogP contribution >= 0.6 is 0 Å². The van der Waals surface area contributed by atoms with Gasteiger partial charge in [0, 0.05) is 13.1 Å². The Morgan fingerprint density at radius 3 is 1.97 bits per heavy atom. The van der Waals surface area contributed by atoms with Crippen LogP contribution in [-0.2, 0) is 20.0 Å². The third kappa shape index (κ3) is 6.02. The highest BCUT2D eigenvalue weighted by Gasteiger charge is 2.31. The van der Waals surface area contributed by atoms with Crippen LogP contribution in [0, 0.1) is 0 Å². The lowest BCUT2D eigenvalue weighted by molar-refractivity contribution is -0.274. The van der Waals surface area contributed by atoms with Crippen LogP contribution in [0.5, 0.6) is 11.5 Å². The predicted molar refractivity (Wildman–Crippen MR) is 107 cm³/mol. The van der Waals surface area contributed by atoms with E-state index in [0.29, 0.717) is 0 Å². The van der Waals surface area contributed by atoms with E-state index in [1.54, 1.807) is 13.8 Å². The molecule has 0 heterocycles. The number of methoxy groups -OCH3 is 1. The maximum atomic E-state index is 12.7. The summed E-state index contributed by atoms with van der Waals surface area (Å²) in [6.07, 6.45) is -4.91. The molecule has 0 aliphatic heterocycles. The fourth-order valence-corrected chi connectivity index (χ4v) is 5.21. The van der Waals surface area contributed by atoms with E-state index >= 15 is 0 Å². The summed E-state index contributed by atoms with van der Waals surface area (Å²) in [6.45, 7) is 3.78. The molecule has 0 atom stereocenters. The Morgan fingerprint density at radius 1 is 0.935 bits per heavy atom. The van der Waals surface area contributed by atoms with Crippen molar-refractivity contribution in [2.24, 2.45) is 0 Å². The lowest BCUT2D eigenvalue weighted by atomic mass is 10.3. The van der Waals surface area contributed by atoms with Crippen molar-refractivity contribution in [2.45, 2.75) is 30.0 Å². The maximum Gasteiger partial charge on any atom is 0.573 e. The second-order valence-electron chi connectivity index (χ2n) is 6.08. The maximum absolute atomic E-state index is 12.7. The van der Waals surface area contributed by atoms with Crippen molar-refractivity contribution in [3.63, 3.8) is 0 Å². The lowest BCUT2D eigenvalue weighted by Gasteiger charge is -2.20. The van der Waals surface area contributed by atoms with Crippen LogP contribution in [0.15, 0.2) is 52.3 Å². The summed E-state index contributed by atoms with van der Waals surface area (Å²) in [7, 11) is -6.87. The minimum atomic E-state index is -4.91. The zero-order valence-electron chi connectivity index (χ0n) is 16.8. The Morgan fingerprint density at radius 2 is 1.48 bits per heavy atom. The van der Waals surface area contributed by atoms with Crippen molar-refractivity contribution in [1.29, 1.82) is 0 Å². The van der Waals surface area contributed by atoms with Crippen LogP contribution in [0.4, 0.5) is 18.9 Å². The fourth-order valence-electron chi connectivity index (χ4n) is 2.66. The quantitative estimate of drug-likeness (QED) is 0.588. The highest BCUT2D eigenvalue weighted by Crippen LogP contribution is 2.31. The molecule has 0 unspecified atom stereocenters. The number of alkyl halides is 3. The summed E-state index contributed by atoms with van der Waals surface area (Å²) in [5.41, 5.74) is -0.147. The van der Waals surface area contributed by atoms with Crippen LogP contribution in [0.1, 0.15) is 13.8 Å². The van der Waals surface area contributed by atoms with Crippen LogP contribution < -0.4 is 14.2 Å². The molecule has 0 radical (unpaired) electrons. The van der Waals surface area contributed by atoms with Crippen LogP contribution in [-0.4, -0.2) is 47.7 Å². The highest BCUT2D eigenvalue weighted by atomic mass is 32.2. The molecule has 0 aliphatic carbocycles. The molecule has 2 aromatic rings. The molecule has 1 N–H and O–H groups in total. The predicted octanol–water partition coefficient (Wildman–Crippen LogP) is 3.43. The molecule has 172 valence electrons. The molecule has 0 saturated carbocycles. The van der Waals surface area contributed by atoms with Crippen LogP contribution in [0.2, 0.25) is 0 Å². The van der Waals surface area contributed by atoms with Crippen molar-refractivity contribution in [3.05, 3.63) is 42.5 Å².